The quantitative estimate of drug-likeness (QED) is 0.676. The first-order valence-electron chi connectivity index (χ1n) is 11.3. The summed E-state index contributed by atoms with van der Waals surface area (Å²) in [6, 6.07) is 9.69. The molecule has 0 aliphatic heterocycles. The second-order valence-electron chi connectivity index (χ2n) is 9.90. The molecule has 31 heavy (non-hydrogen) atoms. The molecule has 6 rings (SSSR count). The number of carbonyl (C=O) groups is 1. The van der Waals surface area contributed by atoms with Crippen LogP contribution in [0.3, 0.4) is 0 Å². The summed E-state index contributed by atoms with van der Waals surface area (Å²) in [5.41, 5.74) is 0.727. The fourth-order valence-corrected chi connectivity index (χ4v) is 7.58. The van der Waals surface area contributed by atoms with Crippen molar-refractivity contribution in [3.63, 3.8) is 0 Å². The van der Waals surface area contributed by atoms with Crippen LogP contribution in [0.15, 0.2) is 52.0 Å². The zero-order valence-electron chi connectivity index (χ0n) is 17.8. The van der Waals surface area contributed by atoms with E-state index in [9.17, 15) is 13.2 Å². The Bertz CT molecular complexity index is 1010. The van der Waals surface area contributed by atoms with Crippen molar-refractivity contribution in [2.24, 2.45) is 23.2 Å². The molecule has 0 radical (unpaired) electrons. The predicted octanol–water partition coefficient (Wildman–Crippen LogP) is 4.09. The van der Waals surface area contributed by atoms with Crippen LogP contribution in [0.4, 0.5) is 0 Å². The molecule has 166 valence electrons. The highest BCUT2D eigenvalue weighted by Gasteiger charge is 2.53. The van der Waals surface area contributed by atoms with Gasteiger partial charge in [-0.3, -0.25) is 4.79 Å². The zero-order valence-corrected chi connectivity index (χ0v) is 18.7. The first kappa shape index (κ1) is 20.8. The van der Waals surface area contributed by atoms with Gasteiger partial charge in [0.15, 0.2) is 0 Å². The molecule has 1 aromatic carbocycles. The van der Waals surface area contributed by atoms with Crippen LogP contribution in [-0.2, 0) is 16.6 Å². The predicted molar refractivity (Wildman–Crippen MR) is 117 cm³/mol. The Hall–Kier alpha value is -2.12. The van der Waals surface area contributed by atoms with Crippen LogP contribution in [0.2, 0.25) is 0 Å². The molecule has 1 atom stereocenters. The van der Waals surface area contributed by atoms with Gasteiger partial charge in [0, 0.05) is 11.6 Å². The van der Waals surface area contributed by atoms with Crippen LogP contribution in [0, 0.1) is 23.2 Å². The second-order valence-corrected chi connectivity index (χ2v) is 11.7. The van der Waals surface area contributed by atoms with Gasteiger partial charge in [0.05, 0.1) is 17.7 Å². The summed E-state index contributed by atoms with van der Waals surface area (Å²) in [4.78, 5) is 13.0. The molecule has 4 fully saturated rings. The SMILES string of the molecule is CC(NC(=O)c1ccc(S(=O)(=O)NCc2ccco2)cc1)C12CC3CC(CC(C3)C1)C2. The van der Waals surface area contributed by atoms with Crippen molar-refractivity contribution in [1.82, 2.24) is 10.0 Å². The molecule has 4 aliphatic carbocycles. The maximum Gasteiger partial charge on any atom is 0.251 e. The van der Waals surface area contributed by atoms with E-state index >= 15 is 0 Å². The monoisotopic (exact) mass is 442 g/mol. The minimum atomic E-state index is -3.67. The molecular formula is C24H30N2O4S. The van der Waals surface area contributed by atoms with E-state index in [1.54, 1.807) is 24.3 Å². The number of rotatable bonds is 7. The summed E-state index contributed by atoms with van der Waals surface area (Å²) >= 11 is 0. The summed E-state index contributed by atoms with van der Waals surface area (Å²) in [6.07, 6.45) is 9.34. The highest BCUT2D eigenvalue weighted by Crippen LogP contribution is 2.61. The van der Waals surface area contributed by atoms with Crippen LogP contribution >= 0.6 is 0 Å². The number of furan rings is 1. The van der Waals surface area contributed by atoms with Crippen molar-refractivity contribution in [2.75, 3.05) is 0 Å². The van der Waals surface area contributed by atoms with E-state index in [2.05, 4.69) is 17.0 Å². The van der Waals surface area contributed by atoms with Crippen molar-refractivity contribution in [3.05, 3.63) is 54.0 Å². The smallest absolute Gasteiger partial charge is 0.251 e. The molecule has 2 N–H and O–H groups in total. The molecule has 4 saturated carbocycles. The van der Waals surface area contributed by atoms with E-state index in [0.717, 1.165) is 17.8 Å². The van der Waals surface area contributed by atoms with E-state index in [4.69, 9.17) is 4.42 Å². The molecule has 4 aliphatic rings. The fourth-order valence-electron chi connectivity index (χ4n) is 6.59. The maximum atomic E-state index is 12.9. The lowest BCUT2D eigenvalue weighted by atomic mass is 9.48. The lowest BCUT2D eigenvalue weighted by molar-refractivity contribution is -0.0688. The number of hydrogen-bond donors (Lipinski definition) is 2. The standard InChI is InChI=1S/C24H30N2O4S/c1-16(24-12-17-9-18(13-24)11-19(10-17)14-24)26-23(27)20-4-6-22(7-5-20)31(28,29)25-15-21-3-2-8-30-21/h2-8,16-19,25H,9-15H2,1H3,(H,26,27). The maximum absolute atomic E-state index is 12.9. The van der Waals surface area contributed by atoms with Crippen molar-refractivity contribution < 1.29 is 17.6 Å². The van der Waals surface area contributed by atoms with Gasteiger partial charge in [0.25, 0.3) is 5.91 Å². The van der Waals surface area contributed by atoms with E-state index in [0.29, 0.717) is 11.3 Å². The highest BCUT2D eigenvalue weighted by molar-refractivity contribution is 7.89. The number of amides is 1. The summed E-state index contributed by atoms with van der Waals surface area (Å²) in [5, 5.41) is 3.24. The van der Waals surface area contributed by atoms with Crippen LogP contribution in [0.25, 0.3) is 0 Å². The first-order chi connectivity index (χ1) is 14.8. The number of hydrogen-bond acceptors (Lipinski definition) is 4. The Balaban J connectivity index is 1.23. The van der Waals surface area contributed by atoms with Gasteiger partial charge in [-0.05, 0) is 105 Å². The van der Waals surface area contributed by atoms with Crippen molar-refractivity contribution in [1.29, 1.82) is 0 Å². The van der Waals surface area contributed by atoms with Crippen molar-refractivity contribution >= 4 is 15.9 Å². The molecule has 1 aromatic heterocycles. The summed E-state index contributed by atoms with van der Waals surface area (Å²) < 4.78 is 32.7. The fraction of sp³-hybridized carbons (Fsp3) is 0.542. The van der Waals surface area contributed by atoms with Gasteiger partial charge in [-0.1, -0.05) is 0 Å². The van der Waals surface area contributed by atoms with Gasteiger partial charge in [0.2, 0.25) is 10.0 Å². The molecule has 6 nitrogen and oxygen atoms in total. The average molecular weight is 443 g/mol. The van der Waals surface area contributed by atoms with Crippen molar-refractivity contribution in [3.8, 4) is 0 Å². The van der Waals surface area contributed by atoms with Gasteiger partial charge in [0.1, 0.15) is 5.76 Å². The van der Waals surface area contributed by atoms with Gasteiger partial charge in [-0.15, -0.1) is 0 Å². The third-order valence-electron chi connectivity index (χ3n) is 7.80. The Morgan fingerprint density at radius 2 is 1.68 bits per heavy atom. The Labute approximate surface area is 183 Å². The zero-order chi connectivity index (χ0) is 21.6. The molecule has 1 unspecified atom stereocenters. The lowest BCUT2D eigenvalue weighted by Crippen LogP contribution is -2.55. The highest BCUT2D eigenvalue weighted by atomic mass is 32.2. The first-order valence-corrected chi connectivity index (χ1v) is 12.7. The second kappa shape index (κ2) is 7.78. The third kappa shape index (κ3) is 4.05. The van der Waals surface area contributed by atoms with Gasteiger partial charge >= 0.3 is 0 Å². The largest absolute Gasteiger partial charge is 0.468 e. The van der Waals surface area contributed by atoms with Crippen LogP contribution < -0.4 is 10.0 Å². The van der Waals surface area contributed by atoms with Crippen LogP contribution in [-0.4, -0.2) is 20.4 Å². The minimum Gasteiger partial charge on any atom is -0.468 e. The number of nitrogens with one attached hydrogen (secondary N) is 2. The lowest BCUT2D eigenvalue weighted by Gasteiger charge is -2.59. The van der Waals surface area contributed by atoms with E-state index in [1.807, 2.05) is 0 Å². The molecule has 0 saturated heterocycles. The third-order valence-corrected chi connectivity index (χ3v) is 9.21. The van der Waals surface area contributed by atoms with E-state index < -0.39 is 10.0 Å². The topological polar surface area (TPSA) is 88.4 Å². The summed E-state index contributed by atoms with van der Waals surface area (Å²) in [5.74, 6) is 2.92. The van der Waals surface area contributed by atoms with E-state index in [1.165, 1.54) is 56.9 Å². The molecule has 0 spiro atoms. The molecule has 1 heterocycles. The molecule has 4 bridgehead atoms. The summed E-state index contributed by atoms with van der Waals surface area (Å²) in [6.45, 7) is 2.24. The number of sulfonamides is 1. The Kier molecular flexibility index (Phi) is 5.21. The van der Waals surface area contributed by atoms with Gasteiger partial charge < -0.3 is 9.73 Å². The molecule has 1 amide bonds. The number of carbonyl (C=O) groups excluding carboxylic acids is 1. The molecule has 7 heteroatoms. The normalized spacial score (nSPS) is 30.3. The van der Waals surface area contributed by atoms with Gasteiger partial charge in [-0.2, -0.15) is 0 Å². The van der Waals surface area contributed by atoms with Crippen LogP contribution in [0.1, 0.15) is 61.6 Å². The van der Waals surface area contributed by atoms with Gasteiger partial charge in [-0.25, -0.2) is 13.1 Å². The average Bonchev–Trinajstić information content (AvgIpc) is 3.25. The van der Waals surface area contributed by atoms with E-state index in [-0.39, 0.29) is 28.8 Å². The number of benzene rings is 1. The Morgan fingerprint density at radius 3 is 2.23 bits per heavy atom. The van der Waals surface area contributed by atoms with Crippen molar-refractivity contribution in [2.45, 2.75) is 62.9 Å². The summed E-state index contributed by atoms with van der Waals surface area (Å²) in [7, 11) is -3.67. The molecular weight excluding hydrogens is 412 g/mol. The molecule has 2 aromatic rings. The van der Waals surface area contributed by atoms with Crippen LogP contribution in [0.5, 0.6) is 0 Å². The minimum absolute atomic E-state index is 0.0835. The Morgan fingerprint density at radius 1 is 1.06 bits per heavy atom.